The van der Waals surface area contributed by atoms with E-state index in [2.05, 4.69) is 21.5 Å². The van der Waals surface area contributed by atoms with Crippen LogP contribution in [0.3, 0.4) is 0 Å². The first-order valence-corrected chi connectivity index (χ1v) is 7.41. The van der Waals surface area contributed by atoms with Gasteiger partial charge in [0.05, 0.1) is 0 Å². The van der Waals surface area contributed by atoms with Crippen LogP contribution in [0, 0.1) is 0 Å². The molecule has 20 heavy (non-hydrogen) atoms. The first kappa shape index (κ1) is 14.6. The molecule has 0 amide bonds. The van der Waals surface area contributed by atoms with Crippen LogP contribution in [0.4, 0.5) is 5.82 Å². The molecule has 0 atom stereocenters. The zero-order valence-corrected chi connectivity index (χ0v) is 11.4. The van der Waals surface area contributed by atoms with E-state index in [1.807, 2.05) is 0 Å². The number of nitrogen functional groups attached to an aromatic ring is 1. The lowest BCUT2D eigenvalue weighted by Gasteiger charge is -2.07. The summed E-state index contributed by atoms with van der Waals surface area (Å²) in [5, 5.41) is 0. The Morgan fingerprint density at radius 3 is 2.90 bits per heavy atom. The molecule has 10 heteroatoms. The fourth-order valence-corrected chi connectivity index (χ4v) is 2.02. The van der Waals surface area contributed by atoms with Gasteiger partial charge in [-0.1, -0.05) is 6.08 Å². The number of imidazole rings is 1. The third kappa shape index (κ3) is 3.20. The summed E-state index contributed by atoms with van der Waals surface area (Å²) in [6.07, 6.45) is 2.29. The maximum absolute atomic E-state index is 10.7. The van der Waals surface area contributed by atoms with Crippen LogP contribution in [0.25, 0.3) is 11.2 Å². The SMILES string of the molecule is C=CCn1c(COCP(=O)(O)O)nc2c(N)ncnc21. The van der Waals surface area contributed by atoms with Crippen LogP contribution < -0.4 is 5.73 Å². The Morgan fingerprint density at radius 1 is 1.50 bits per heavy atom. The molecule has 0 bridgehead atoms. The van der Waals surface area contributed by atoms with Gasteiger partial charge in [-0.05, 0) is 0 Å². The minimum absolute atomic E-state index is 0.0747. The molecule has 0 aliphatic carbocycles. The Balaban J connectivity index is 2.31. The van der Waals surface area contributed by atoms with Crippen LogP contribution in [0.2, 0.25) is 0 Å². The predicted molar refractivity (Wildman–Crippen MR) is 71.6 cm³/mol. The summed E-state index contributed by atoms with van der Waals surface area (Å²) < 4.78 is 17.4. The molecule has 4 N–H and O–H groups in total. The van der Waals surface area contributed by atoms with Crippen LogP contribution in [0.1, 0.15) is 5.82 Å². The Morgan fingerprint density at radius 2 is 2.25 bits per heavy atom. The van der Waals surface area contributed by atoms with Gasteiger partial charge < -0.3 is 24.8 Å². The highest BCUT2D eigenvalue weighted by atomic mass is 31.2. The molecule has 2 rings (SSSR count). The molecule has 0 aromatic carbocycles. The molecular formula is C10H14N5O4P. The molecule has 0 unspecified atom stereocenters. The second kappa shape index (κ2) is 5.68. The van der Waals surface area contributed by atoms with E-state index in [9.17, 15) is 4.57 Å². The van der Waals surface area contributed by atoms with Crippen molar-refractivity contribution in [2.75, 3.05) is 12.1 Å². The van der Waals surface area contributed by atoms with Crippen molar-refractivity contribution < 1.29 is 19.1 Å². The predicted octanol–water partition coefficient (Wildman–Crippen LogP) is 0.246. The van der Waals surface area contributed by atoms with E-state index in [1.165, 1.54) is 6.33 Å². The van der Waals surface area contributed by atoms with Crippen LogP contribution >= 0.6 is 7.60 Å². The average molecular weight is 299 g/mol. The zero-order chi connectivity index (χ0) is 14.8. The van der Waals surface area contributed by atoms with Crippen LogP contribution in [-0.2, 0) is 22.5 Å². The van der Waals surface area contributed by atoms with Gasteiger partial charge in [0.25, 0.3) is 0 Å². The molecule has 0 aliphatic rings. The fourth-order valence-electron chi connectivity index (χ4n) is 1.69. The number of aromatic nitrogens is 4. The molecule has 0 aliphatic heterocycles. The number of allylic oxidation sites excluding steroid dienone is 1. The van der Waals surface area contributed by atoms with Crippen molar-refractivity contribution in [3.05, 3.63) is 24.8 Å². The maximum Gasteiger partial charge on any atom is 0.350 e. The number of hydrogen-bond donors (Lipinski definition) is 3. The first-order chi connectivity index (χ1) is 9.42. The number of fused-ring (bicyclic) bond motifs is 1. The quantitative estimate of drug-likeness (QED) is 0.510. The van der Waals surface area contributed by atoms with E-state index in [1.54, 1.807) is 10.6 Å². The van der Waals surface area contributed by atoms with Crippen molar-refractivity contribution >= 4 is 24.6 Å². The van der Waals surface area contributed by atoms with Gasteiger partial charge in [-0.25, -0.2) is 15.0 Å². The van der Waals surface area contributed by atoms with Crippen molar-refractivity contribution in [3.8, 4) is 0 Å². The van der Waals surface area contributed by atoms with Crippen LogP contribution in [0.5, 0.6) is 0 Å². The van der Waals surface area contributed by atoms with Crippen molar-refractivity contribution in [2.24, 2.45) is 0 Å². The lowest BCUT2D eigenvalue weighted by Crippen LogP contribution is -2.06. The summed E-state index contributed by atoms with van der Waals surface area (Å²) in [5.41, 5.74) is 6.66. The summed E-state index contributed by atoms with van der Waals surface area (Å²) >= 11 is 0. The molecule has 2 heterocycles. The van der Waals surface area contributed by atoms with Crippen LogP contribution in [-0.4, -0.2) is 35.7 Å². The molecule has 0 saturated carbocycles. The maximum atomic E-state index is 10.7. The zero-order valence-electron chi connectivity index (χ0n) is 10.5. The van der Waals surface area contributed by atoms with Gasteiger partial charge >= 0.3 is 7.60 Å². The van der Waals surface area contributed by atoms with Gasteiger partial charge in [-0.3, -0.25) is 4.57 Å². The summed E-state index contributed by atoms with van der Waals surface area (Å²) in [4.78, 5) is 29.7. The lowest BCUT2D eigenvalue weighted by molar-refractivity contribution is 0.137. The monoisotopic (exact) mass is 299 g/mol. The van der Waals surface area contributed by atoms with Gasteiger partial charge in [0, 0.05) is 6.54 Å². The smallest absolute Gasteiger partial charge is 0.350 e. The second-order valence-corrected chi connectivity index (χ2v) is 5.59. The number of nitrogens with zero attached hydrogens (tertiary/aromatic N) is 4. The second-order valence-electron chi connectivity index (χ2n) is 4.00. The van der Waals surface area contributed by atoms with E-state index >= 15 is 0 Å². The highest BCUT2D eigenvalue weighted by molar-refractivity contribution is 7.51. The topological polar surface area (TPSA) is 136 Å². The third-order valence-corrected chi connectivity index (χ3v) is 2.96. The minimum Gasteiger partial charge on any atom is -0.382 e. The normalized spacial score (nSPS) is 11.9. The van der Waals surface area contributed by atoms with Crippen molar-refractivity contribution in [1.82, 2.24) is 19.5 Å². The molecular weight excluding hydrogens is 285 g/mol. The Hall–Kier alpha value is -1.80. The van der Waals surface area contributed by atoms with Gasteiger partial charge in [0.2, 0.25) is 0 Å². The lowest BCUT2D eigenvalue weighted by atomic mass is 10.5. The molecule has 9 nitrogen and oxygen atoms in total. The van der Waals surface area contributed by atoms with Gasteiger partial charge in [0.1, 0.15) is 25.1 Å². The fraction of sp³-hybridized carbons (Fsp3) is 0.300. The molecule has 0 radical (unpaired) electrons. The minimum atomic E-state index is -4.21. The Labute approximate surface area is 114 Å². The number of nitrogens with two attached hydrogens (primary N) is 1. The number of anilines is 1. The van der Waals surface area contributed by atoms with Gasteiger partial charge in [0.15, 0.2) is 17.0 Å². The van der Waals surface area contributed by atoms with E-state index in [0.29, 0.717) is 23.5 Å². The average Bonchev–Trinajstić information content (AvgIpc) is 2.69. The number of ether oxygens (including phenoxy) is 1. The molecule has 2 aromatic rings. The van der Waals surface area contributed by atoms with Crippen LogP contribution in [0.15, 0.2) is 19.0 Å². The summed E-state index contributed by atoms with van der Waals surface area (Å²) in [7, 11) is -4.21. The molecule has 0 saturated heterocycles. The van der Waals surface area contributed by atoms with Gasteiger partial charge in [-0.15, -0.1) is 6.58 Å². The number of rotatable bonds is 6. The molecule has 108 valence electrons. The van der Waals surface area contributed by atoms with E-state index in [0.717, 1.165) is 0 Å². The van der Waals surface area contributed by atoms with E-state index in [4.69, 9.17) is 20.3 Å². The summed E-state index contributed by atoms with van der Waals surface area (Å²) in [6.45, 7) is 3.98. The molecule has 2 aromatic heterocycles. The van der Waals surface area contributed by atoms with E-state index in [-0.39, 0.29) is 12.4 Å². The van der Waals surface area contributed by atoms with Gasteiger partial charge in [-0.2, -0.15) is 0 Å². The Kier molecular flexibility index (Phi) is 4.15. The standard InChI is InChI=1S/C10H14N5O4P/c1-2-3-15-7(4-19-6-20(16,17)18)14-8-9(11)12-5-13-10(8)15/h2,5H,1,3-4,6H2,(H2,11,12,13)(H2,16,17,18). The third-order valence-electron chi connectivity index (χ3n) is 2.44. The highest BCUT2D eigenvalue weighted by Gasteiger charge is 2.17. The van der Waals surface area contributed by atoms with Crippen molar-refractivity contribution in [2.45, 2.75) is 13.2 Å². The molecule has 0 fully saturated rings. The molecule has 0 spiro atoms. The highest BCUT2D eigenvalue weighted by Crippen LogP contribution is 2.34. The largest absolute Gasteiger partial charge is 0.382 e. The summed E-state index contributed by atoms with van der Waals surface area (Å²) in [5.74, 6) is 0.676. The van der Waals surface area contributed by atoms with Crippen molar-refractivity contribution in [1.29, 1.82) is 0 Å². The van der Waals surface area contributed by atoms with E-state index < -0.39 is 13.9 Å². The summed E-state index contributed by atoms with van der Waals surface area (Å²) in [6, 6.07) is 0. The Bertz CT molecular complexity index is 680. The first-order valence-electron chi connectivity index (χ1n) is 5.61. The number of hydrogen-bond acceptors (Lipinski definition) is 6. The van der Waals surface area contributed by atoms with Crippen molar-refractivity contribution in [3.63, 3.8) is 0 Å².